The second kappa shape index (κ2) is 17.2. The Balaban J connectivity index is 3.41. The lowest BCUT2D eigenvalue weighted by Crippen LogP contribution is -2.25. The van der Waals surface area contributed by atoms with Crippen LogP contribution in [0.2, 0.25) is 0 Å². The number of rotatable bonds is 17. The Labute approximate surface area is 149 Å². The van der Waals surface area contributed by atoms with E-state index in [2.05, 4.69) is 6.92 Å². The van der Waals surface area contributed by atoms with E-state index in [4.69, 9.17) is 4.74 Å². The Morgan fingerprint density at radius 3 is 1.71 bits per heavy atom. The molecule has 0 aliphatic carbocycles. The van der Waals surface area contributed by atoms with Gasteiger partial charge in [-0.15, -0.1) is 0 Å². The van der Waals surface area contributed by atoms with Gasteiger partial charge in [-0.1, -0.05) is 71.1 Å². The van der Waals surface area contributed by atoms with Crippen LogP contribution in [0.1, 0.15) is 104 Å². The molecule has 0 amide bonds. The number of esters is 1. The molecule has 2 N–H and O–H groups in total. The van der Waals surface area contributed by atoms with Gasteiger partial charge in [-0.2, -0.15) is 0 Å². The number of carbonyl (C=O) groups is 1. The molecule has 0 rings (SSSR count). The minimum atomic E-state index is -0.583. The molecule has 4 heteroatoms. The first-order valence-electron chi connectivity index (χ1n) is 10.1. The fraction of sp³-hybridized carbons (Fsp3) is 0.950. The number of carbonyl (C=O) groups excluding carboxylic acids is 1. The molecule has 2 unspecified atom stereocenters. The van der Waals surface area contributed by atoms with Crippen molar-refractivity contribution in [1.82, 2.24) is 0 Å². The zero-order valence-corrected chi connectivity index (χ0v) is 16.0. The van der Waals surface area contributed by atoms with Gasteiger partial charge in [-0.05, 0) is 26.2 Å². The second-order valence-electron chi connectivity index (χ2n) is 6.80. The number of ether oxygens (including phenoxy) is 1. The van der Waals surface area contributed by atoms with Gasteiger partial charge in [0.25, 0.3) is 0 Å². The van der Waals surface area contributed by atoms with Crippen LogP contribution >= 0.6 is 0 Å². The van der Waals surface area contributed by atoms with Gasteiger partial charge in [0.1, 0.15) is 0 Å². The van der Waals surface area contributed by atoms with Crippen molar-refractivity contribution in [3.05, 3.63) is 0 Å². The maximum absolute atomic E-state index is 11.2. The summed E-state index contributed by atoms with van der Waals surface area (Å²) >= 11 is 0. The maximum Gasteiger partial charge on any atom is 0.305 e. The Morgan fingerprint density at radius 2 is 1.21 bits per heavy atom. The van der Waals surface area contributed by atoms with Crippen molar-refractivity contribution in [1.29, 1.82) is 0 Å². The predicted octanol–water partition coefficient (Wildman–Crippen LogP) is 4.75. The summed E-state index contributed by atoms with van der Waals surface area (Å²) in [6.45, 7) is 4.49. The van der Waals surface area contributed by atoms with E-state index in [-0.39, 0.29) is 5.97 Å². The molecule has 0 aromatic carbocycles. The minimum absolute atomic E-state index is 0.106. The second-order valence-corrected chi connectivity index (χ2v) is 6.80. The van der Waals surface area contributed by atoms with Crippen molar-refractivity contribution in [3.63, 3.8) is 0 Å². The summed E-state index contributed by atoms with van der Waals surface area (Å²) in [5.74, 6) is -0.106. The normalized spacial score (nSPS) is 13.7. The summed E-state index contributed by atoms with van der Waals surface area (Å²) in [4.78, 5) is 11.2. The molecule has 0 bridgehead atoms. The first-order chi connectivity index (χ1) is 11.6. The highest BCUT2D eigenvalue weighted by atomic mass is 16.5. The topological polar surface area (TPSA) is 66.8 Å². The molecule has 4 nitrogen and oxygen atoms in total. The summed E-state index contributed by atoms with van der Waals surface area (Å²) in [5.41, 5.74) is 0. The minimum Gasteiger partial charge on any atom is -0.466 e. The van der Waals surface area contributed by atoms with E-state index >= 15 is 0 Å². The number of hydrogen-bond acceptors (Lipinski definition) is 4. The number of aliphatic hydroxyl groups excluding tert-OH is 2. The Bertz CT molecular complexity index is 281. The molecule has 0 aliphatic heterocycles. The molecule has 0 aromatic heterocycles. The molecule has 2 atom stereocenters. The standard InChI is InChI=1S/C20H40O4/c1-3-5-6-7-9-12-15-18(21)19(22)16-13-10-8-11-14-17-20(23)24-4-2/h18-19,21-22H,3-17H2,1-2H3. The van der Waals surface area contributed by atoms with E-state index in [1.54, 1.807) is 0 Å². The zero-order valence-electron chi connectivity index (χ0n) is 16.0. The lowest BCUT2D eigenvalue weighted by atomic mass is 9.99. The van der Waals surface area contributed by atoms with Crippen molar-refractivity contribution < 1.29 is 19.7 Å². The molecule has 24 heavy (non-hydrogen) atoms. The van der Waals surface area contributed by atoms with Gasteiger partial charge in [0.2, 0.25) is 0 Å². The van der Waals surface area contributed by atoms with E-state index in [0.29, 0.717) is 25.9 Å². The summed E-state index contributed by atoms with van der Waals surface area (Å²) in [7, 11) is 0. The summed E-state index contributed by atoms with van der Waals surface area (Å²) in [6.07, 6.45) is 12.9. The first kappa shape index (κ1) is 23.4. The Morgan fingerprint density at radius 1 is 0.750 bits per heavy atom. The third-order valence-electron chi connectivity index (χ3n) is 4.48. The Kier molecular flexibility index (Phi) is 16.8. The number of aliphatic hydroxyl groups is 2. The molecule has 0 fully saturated rings. The quantitative estimate of drug-likeness (QED) is 0.295. The van der Waals surface area contributed by atoms with Crippen LogP contribution < -0.4 is 0 Å². The zero-order chi connectivity index (χ0) is 18.0. The van der Waals surface area contributed by atoms with E-state index in [1.165, 1.54) is 25.7 Å². The van der Waals surface area contributed by atoms with Crippen molar-refractivity contribution in [2.24, 2.45) is 0 Å². The fourth-order valence-corrected chi connectivity index (χ4v) is 2.90. The lowest BCUT2D eigenvalue weighted by Gasteiger charge is -2.17. The van der Waals surface area contributed by atoms with E-state index in [9.17, 15) is 15.0 Å². The molecular formula is C20H40O4. The van der Waals surface area contributed by atoms with Crippen LogP contribution in [0, 0.1) is 0 Å². The van der Waals surface area contributed by atoms with Gasteiger partial charge < -0.3 is 14.9 Å². The molecular weight excluding hydrogens is 304 g/mol. The van der Waals surface area contributed by atoms with Crippen LogP contribution in [0.3, 0.4) is 0 Å². The van der Waals surface area contributed by atoms with Crippen LogP contribution in [0.5, 0.6) is 0 Å². The fourth-order valence-electron chi connectivity index (χ4n) is 2.90. The van der Waals surface area contributed by atoms with Crippen LogP contribution in [0.4, 0.5) is 0 Å². The predicted molar refractivity (Wildman–Crippen MR) is 99.0 cm³/mol. The third-order valence-corrected chi connectivity index (χ3v) is 4.48. The van der Waals surface area contributed by atoms with Crippen molar-refractivity contribution in [2.45, 2.75) is 116 Å². The van der Waals surface area contributed by atoms with Gasteiger partial charge in [-0.25, -0.2) is 0 Å². The molecule has 144 valence electrons. The van der Waals surface area contributed by atoms with Gasteiger partial charge >= 0.3 is 5.97 Å². The lowest BCUT2D eigenvalue weighted by molar-refractivity contribution is -0.143. The maximum atomic E-state index is 11.2. The van der Waals surface area contributed by atoms with Crippen LogP contribution in [-0.2, 0) is 9.53 Å². The van der Waals surface area contributed by atoms with Crippen LogP contribution in [0.15, 0.2) is 0 Å². The molecule has 0 aromatic rings. The highest BCUT2D eigenvalue weighted by Crippen LogP contribution is 2.15. The Hall–Kier alpha value is -0.610. The highest BCUT2D eigenvalue weighted by Gasteiger charge is 2.15. The van der Waals surface area contributed by atoms with Crippen molar-refractivity contribution in [2.75, 3.05) is 6.61 Å². The van der Waals surface area contributed by atoms with E-state index in [0.717, 1.165) is 44.9 Å². The van der Waals surface area contributed by atoms with E-state index in [1.807, 2.05) is 6.92 Å². The average Bonchev–Trinajstić information content (AvgIpc) is 2.56. The summed E-state index contributed by atoms with van der Waals surface area (Å²) in [6, 6.07) is 0. The highest BCUT2D eigenvalue weighted by molar-refractivity contribution is 5.69. The number of unbranched alkanes of at least 4 members (excludes halogenated alkanes) is 9. The van der Waals surface area contributed by atoms with Crippen LogP contribution in [-0.4, -0.2) is 35.0 Å². The van der Waals surface area contributed by atoms with E-state index < -0.39 is 12.2 Å². The van der Waals surface area contributed by atoms with Gasteiger partial charge in [-0.3, -0.25) is 4.79 Å². The molecule has 0 saturated heterocycles. The molecule has 0 radical (unpaired) electrons. The molecule has 0 heterocycles. The first-order valence-corrected chi connectivity index (χ1v) is 10.1. The largest absolute Gasteiger partial charge is 0.466 e. The summed E-state index contributed by atoms with van der Waals surface area (Å²) in [5, 5.41) is 20.0. The molecule has 0 saturated carbocycles. The van der Waals surface area contributed by atoms with Gasteiger partial charge in [0, 0.05) is 6.42 Å². The SMILES string of the molecule is CCCCCCCCC(O)C(O)CCCCCCCC(=O)OCC. The smallest absolute Gasteiger partial charge is 0.305 e. The number of hydrogen-bond donors (Lipinski definition) is 2. The van der Waals surface area contributed by atoms with Gasteiger partial charge in [0.15, 0.2) is 0 Å². The summed E-state index contributed by atoms with van der Waals surface area (Å²) < 4.78 is 4.89. The monoisotopic (exact) mass is 344 g/mol. The molecule has 0 aliphatic rings. The van der Waals surface area contributed by atoms with Crippen LogP contribution in [0.25, 0.3) is 0 Å². The van der Waals surface area contributed by atoms with Crippen molar-refractivity contribution >= 4 is 5.97 Å². The van der Waals surface area contributed by atoms with Crippen molar-refractivity contribution in [3.8, 4) is 0 Å². The average molecular weight is 345 g/mol. The molecule has 0 spiro atoms. The third kappa shape index (κ3) is 14.9. The van der Waals surface area contributed by atoms with Gasteiger partial charge in [0.05, 0.1) is 18.8 Å².